The average Bonchev–Trinajstić information content (AvgIpc) is 2.96. The number of hydrogen-bond donors (Lipinski definition) is 2. The number of amides is 1. The van der Waals surface area contributed by atoms with Crippen LogP contribution < -0.4 is 10.6 Å². The summed E-state index contributed by atoms with van der Waals surface area (Å²) in [5.74, 6) is 0.885. The second kappa shape index (κ2) is 5.77. The maximum Gasteiger partial charge on any atom is 0.221 e. The number of nitrogens with zero attached hydrogens (tertiary/aromatic N) is 3. The van der Waals surface area contributed by atoms with Gasteiger partial charge in [-0.05, 0) is 26.3 Å². The van der Waals surface area contributed by atoms with Crippen LogP contribution >= 0.6 is 0 Å². The highest BCUT2D eigenvalue weighted by Crippen LogP contribution is 2.08. The van der Waals surface area contributed by atoms with E-state index in [1.807, 2.05) is 11.5 Å². The van der Waals surface area contributed by atoms with E-state index < -0.39 is 0 Å². The molecule has 1 fully saturated rings. The Balaban J connectivity index is 1.75. The fraction of sp³-hybridized carbons (Fsp3) is 0.727. The molecule has 0 aromatic carbocycles. The van der Waals surface area contributed by atoms with Crippen molar-refractivity contribution >= 4 is 5.91 Å². The van der Waals surface area contributed by atoms with Crippen molar-refractivity contribution in [3.63, 3.8) is 0 Å². The molecule has 6 nitrogen and oxygen atoms in total. The van der Waals surface area contributed by atoms with E-state index in [2.05, 4.69) is 20.8 Å². The Morgan fingerprint density at radius 2 is 2.59 bits per heavy atom. The molecule has 2 N–H and O–H groups in total. The largest absolute Gasteiger partial charge is 0.349 e. The summed E-state index contributed by atoms with van der Waals surface area (Å²) in [5.41, 5.74) is 0. The van der Waals surface area contributed by atoms with Gasteiger partial charge in [-0.1, -0.05) is 0 Å². The minimum Gasteiger partial charge on any atom is -0.349 e. The van der Waals surface area contributed by atoms with E-state index in [1.165, 1.54) is 6.42 Å². The molecule has 1 aromatic rings. The topological polar surface area (TPSA) is 71.8 Å². The molecule has 0 aliphatic carbocycles. The van der Waals surface area contributed by atoms with Gasteiger partial charge in [-0.3, -0.25) is 4.79 Å². The summed E-state index contributed by atoms with van der Waals surface area (Å²) >= 11 is 0. The number of carbonyl (C=O) groups excluding carboxylic acids is 1. The lowest BCUT2D eigenvalue weighted by Crippen LogP contribution is -2.32. The fourth-order valence-corrected chi connectivity index (χ4v) is 2.08. The molecule has 6 heteroatoms. The molecular weight excluding hydrogens is 218 g/mol. The van der Waals surface area contributed by atoms with Crippen LogP contribution in [0.2, 0.25) is 0 Å². The van der Waals surface area contributed by atoms with Crippen LogP contribution in [0, 0.1) is 0 Å². The van der Waals surface area contributed by atoms with Crippen LogP contribution in [0.1, 0.15) is 32.0 Å². The molecule has 1 aliphatic heterocycles. The van der Waals surface area contributed by atoms with Crippen LogP contribution in [0.4, 0.5) is 0 Å². The SMILES string of the molecule is CCn1cnnc1CNC(=O)CC1CCCN1. The number of aromatic nitrogens is 3. The van der Waals surface area contributed by atoms with Crippen LogP contribution in [0.15, 0.2) is 6.33 Å². The summed E-state index contributed by atoms with van der Waals surface area (Å²) in [4.78, 5) is 11.7. The van der Waals surface area contributed by atoms with Gasteiger partial charge in [-0.15, -0.1) is 10.2 Å². The van der Waals surface area contributed by atoms with E-state index in [0.29, 0.717) is 19.0 Å². The summed E-state index contributed by atoms with van der Waals surface area (Å²) in [6.45, 7) is 4.33. The Labute approximate surface area is 101 Å². The van der Waals surface area contributed by atoms with E-state index >= 15 is 0 Å². The third-order valence-electron chi connectivity index (χ3n) is 3.07. The number of rotatable bonds is 5. The van der Waals surface area contributed by atoms with E-state index in [4.69, 9.17) is 0 Å². The molecule has 0 saturated carbocycles. The van der Waals surface area contributed by atoms with Gasteiger partial charge in [0.25, 0.3) is 0 Å². The van der Waals surface area contributed by atoms with Crippen molar-refractivity contribution in [1.29, 1.82) is 0 Å². The van der Waals surface area contributed by atoms with E-state index in [-0.39, 0.29) is 5.91 Å². The summed E-state index contributed by atoms with van der Waals surface area (Å²) in [7, 11) is 0. The molecule has 2 rings (SSSR count). The first-order valence-electron chi connectivity index (χ1n) is 6.16. The van der Waals surface area contributed by atoms with Crippen molar-refractivity contribution in [3.8, 4) is 0 Å². The molecule has 1 amide bonds. The monoisotopic (exact) mass is 237 g/mol. The van der Waals surface area contributed by atoms with Gasteiger partial charge in [0, 0.05) is 19.0 Å². The smallest absolute Gasteiger partial charge is 0.221 e. The Kier molecular flexibility index (Phi) is 4.08. The molecule has 1 atom stereocenters. The van der Waals surface area contributed by atoms with Crippen molar-refractivity contribution in [3.05, 3.63) is 12.2 Å². The summed E-state index contributed by atoms with van der Waals surface area (Å²) in [6.07, 6.45) is 4.50. The fourth-order valence-electron chi connectivity index (χ4n) is 2.08. The van der Waals surface area contributed by atoms with Crippen molar-refractivity contribution in [2.75, 3.05) is 6.54 Å². The molecule has 0 spiro atoms. The quantitative estimate of drug-likeness (QED) is 0.759. The first-order chi connectivity index (χ1) is 8.29. The third-order valence-corrected chi connectivity index (χ3v) is 3.07. The van der Waals surface area contributed by atoms with Crippen molar-refractivity contribution in [2.24, 2.45) is 0 Å². The maximum atomic E-state index is 11.7. The van der Waals surface area contributed by atoms with Gasteiger partial charge in [0.1, 0.15) is 6.33 Å². The molecular formula is C11H19N5O. The van der Waals surface area contributed by atoms with E-state index in [0.717, 1.165) is 25.3 Å². The normalized spacial score (nSPS) is 19.5. The van der Waals surface area contributed by atoms with Gasteiger partial charge >= 0.3 is 0 Å². The first kappa shape index (κ1) is 12.0. The first-order valence-corrected chi connectivity index (χ1v) is 6.16. The molecule has 1 unspecified atom stereocenters. The summed E-state index contributed by atoms with van der Waals surface area (Å²) < 4.78 is 1.92. The third kappa shape index (κ3) is 3.26. The second-order valence-corrected chi connectivity index (χ2v) is 4.31. The number of aryl methyl sites for hydroxylation is 1. The molecule has 94 valence electrons. The van der Waals surface area contributed by atoms with Crippen LogP contribution in [0.5, 0.6) is 0 Å². The zero-order chi connectivity index (χ0) is 12.1. The average molecular weight is 237 g/mol. The number of carbonyl (C=O) groups is 1. The Bertz CT molecular complexity index is 370. The number of hydrogen-bond acceptors (Lipinski definition) is 4. The van der Waals surface area contributed by atoms with Crippen LogP contribution in [0.3, 0.4) is 0 Å². The molecule has 2 heterocycles. The summed E-state index contributed by atoms with van der Waals surface area (Å²) in [5, 5.41) is 14.0. The zero-order valence-corrected chi connectivity index (χ0v) is 10.1. The van der Waals surface area contributed by atoms with Crippen molar-refractivity contribution in [1.82, 2.24) is 25.4 Å². The van der Waals surface area contributed by atoms with Gasteiger partial charge in [0.05, 0.1) is 6.54 Å². The van der Waals surface area contributed by atoms with Gasteiger partial charge in [-0.25, -0.2) is 0 Å². The molecule has 1 aliphatic rings. The molecule has 1 aromatic heterocycles. The predicted molar refractivity (Wildman–Crippen MR) is 63.2 cm³/mol. The minimum atomic E-state index is 0.0788. The predicted octanol–water partition coefficient (Wildman–Crippen LogP) is 0.0563. The van der Waals surface area contributed by atoms with Crippen molar-refractivity contribution in [2.45, 2.75) is 45.3 Å². The summed E-state index contributed by atoms with van der Waals surface area (Å²) in [6, 6.07) is 0.346. The lowest BCUT2D eigenvalue weighted by molar-refractivity contribution is -0.121. The van der Waals surface area contributed by atoms with Gasteiger partial charge < -0.3 is 15.2 Å². The molecule has 0 radical (unpaired) electrons. The van der Waals surface area contributed by atoms with Gasteiger partial charge in [-0.2, -0.15) is 0 Å². The molecule has 1 saturated heterocycles. The highest BCUT2D eigenvalue weighted by atomic mass is 16.1. The lowest BCUT2D eigenvalue weighted by Gasteiger charge is -2.10. The lowest BCUT2D eigenvalue weighted by atomic mass is 10.1. The zero-order valence-electron chi connectivity index (χ0n) is 10.1. The van der Waals surface area contributed by atoms with E-state index in [1.54, 1.807) is 6.33 Å². The molecule has 0 bridgehead atoms. The standard InChI is InChI=1S/C11H19N5O/c1-2-16-8-14-15-10(16)7-13-11(17)6-9-4-3-5-12-9/h8-9,12H,2-7H2,1H3,(H,13,17). The minimum absolute atomic E-state index is 0.0788. The van der Waals surface area contributed by atoms with Crippen LogP contribution in [-0.2, 0) is 17.9 Å². The van der Waals surface area contributed by atoms with Crippen LogP contribution in [0.25, 0.3) is 0 Å². The Hall–Kier alpha value is -1.43. The van der Waals surface area contributed by atoms with Gasteiger partial charge in [0.15, 0.2) is 5.82 Å². The van der Waals surface area contributed by atoms with Crippen LogP contribution in [-0.4, -0.2) is 33.3 Å². The van der Waals surface area contributed by atoms with Gasteiger partial charge in [0.2, 0.25) is 5.91 Å². The van der Waals surface area contributed by atoms with E-state index in [9.17, 15) is 4.79 Å². The second-order valence-electron chi connectivity index (χ2n) is 4.31. The Morgan fingerprint density at radius 1 is 1.71 bits per heavy atom. The molecule has 17 heavy (non-hydrogen) atoms. The maximum absolute atomic E-state index is 11.7. The number of nitrogens with one attached hydrogen (secondary N) is 2. The van der Waals surface area contributed by atoms with Crippen molar-refractivity contribution < 1.29 is 4.79 Å². The highest BCUT2D eigenvalue weighted by Gasteiger charge is 2.17. The highest BCUT2D eigenvalue weighted by molar-refractivity contribution is 5.76. The Morgan fingerprint density at radius 3 is 3.29 bits per heavy atom.